The predicted molar refractivity (Wildman–Crippen MR) is 116 cm³/mol. The maximum atomic E-state index is 13.0. The molecule has 5 rings (SSSR count). The van der Waals surface area contributed by atoms with Crippen LogP contribution >= 0.6 is 22.7 Å². The number of aromatic nitrogens is 2. The molecule has 7 heteroatoms. The molecule has 1 N–H and O–H groups in total. The van der Waals surface area contributed by atoms with Crippen LogP contribution < -0.4 is 10.1 Å². The molecule has 0 aliphatic carbocycles. The first-order chi connectivity index (χ1) is 13.7. The van der Waals surface area contributed by atoms with Crippen molar-refractivity contribution in [1.29, 1.82) is 0 Å². The third kappa shape index (κ3) is 2.89. The highest BCUT2D eigenvalue weighted by molar-refractivity contribution is 7.24. The van der Waals surface area contributed by atoms with Crippen molar-refractivity contribution >= 4 is 64.9 Å². The van der Waals surface area contributed by atoms with Crippen LogP contribution in [0.2, 0.25) is 0 Å². The molecule has 0 fully saturated rings. The van der Waals surface area contributed by atoms with Crippen LogP contribution in [-0.4, -0.2) is 22.5 Å². The second kappa shape index (κ2) is 6.85. The Morgan fingerprint density at radius 1 is 1.14 bits per heavy atom. The summed E-state index contributed by atoms with van der Waals surface area (Å²) in [7, 11) is 0. The van der Waals surface area contributed by atoms with E-state index < -0.39 is 0 Å². The van der Waals surface area contributed by atoms with Gasteiger partial charge in [-0.3, -0.25) is 10.1 Å². The van der Waals surface area contributed by atoms with E-state index in [2.05, 4.69) is 15.3 Å². The number of ether oxygens (including phenoxy) is 1. The van der Waals surface area contributed by atoms with Gasteiger partial charge in [-0.15, -0.1) is 11.3 Å². The van der Waals surface area contributed by atoms with Gasteiger partial charge in [0.15, 0.2) is 5.13 Å². The molecule has 0 bridgehead atoms. The SMILES string of the molecule is CCOc1cc2ccccc2cc1C(=O)Nc1nc2ccc3scnc3c2s1. The minimum Gasteiger partial charge on any atom is -0.493 e. The Kier molecular flexibility index (Phi) is 4.18. The van der Waals surface area contributed by atoms with Gasteiger partial charge in [-0.05, 0) is 42.0 Å². The van der Waals surface area contributed by atoms with Crippen molar-refractivity contribution in [3.05, 3.63) is 59.6 Å². The molecule has 138 valence electrons. The fourth-order valence-electron chi connectivity index (χ4n) is 3.20. The first-order valence-electron chi connectivity index (χ1n) is 8.82. The summed E-state index contributed by atoms with van der Waals surface area (Å²) in [4.78, 5) is 22.0. The Bertz CT molecular complexity index is 1340. The van der Waals surface area contributed by atoms with Crippen LogP contribution in [0.3, 0.4) is 0 Å². The minimum absolute atomic E-state index is 0.234. The largest absolute Gasteiger partial charge is 0.493 e. The Morgan fingerprint density at radius 3 is 2.79 bits per heavy atom. The van der Waals surface area contributed by atoms with Crippen molar-refractivity contribution in [2.24, 2.45) is 0 Å². The van der Waals surface area contributed by atoms with Crippen LogP contribution in [0.5, 0.6) is 5.75 Å². The average Bonchev–Trinajstić information content (AvgIpc) is 3.33. The number of hydrogen-bond donors (Lipinski definition) is 1. The molecule has 28 heavy (non-hydrogen) atoms. The lowest BCUT2D eigenvalue weighted by molar-refractivity contribution is 0.102. The molecule has 0 atom stereocenters. The topological polar surface area (TPSA) is 64.1 Å². The summed E-state index contributed by atoms with van der Waals surface area (Å²) in [5, 5.41) is 5.51. The van der Waals surface area contributed by atoms with Gasteiger partial charge in [0.05, 0.1) is 32.6 Å². The fraction of sp³-hybridized carbons (Fsp3) is 0.0952. The van der Waals surface area contributed by atoms with Crippen molar-refractivity contribution in [1.82, 2.24) is 9.97 Å². The van der Waals surface area contributed by atoms with Gasteiger partial charge in [0.1, 0.15) is 11.3 Å². The molecule has 0 radical (unpaired) electrons. The summed E-state index contributed by atoms with van der Waals surface area (Å²) in [5.41, 5.74) is 4.09. The second-order valence-corrected chi connectivity index (χ2v) is 8.10. The number of amides is 1. The van der Waals surface area contributed by atoms with Crippen LogP contribution in [-0.2, 0) is 0 Å². The molecular formula is C21H15N3O2S2. The lowest BCUT2D eigenvalue weighted by Gasteiger charge is -2.11. The van der Waals surface area contributed by atoms with Crippen molar-refractivity contribution in [3.63, 3.8) is 0 Å². The lowest BCUT2D eigenvalue weighted by atomic mass is 10.1. The number of carbonyl (C=O) groups is 1. The summed E-state index contributed by atoms with van der Waals surface area (Å²) in [6.07, 6.45) is 0. The zero-order valence-corrected chi connectivity index (χ0v) is 16.6. The highest BCUT2D eigenvalue weighted by Crippen LogP contribution is 2.34. The van der Waals surface area contributed by atoms with Crippen molar-refractivity contribution in [2.45, 2.75) is 6.92 Å². The lowest BCUT2D eigenvalue weighted by Crippen LogP contribution is -2.13. The summed E-state index contributed by atoms with van der Waals surface area (Å²) in [6.45, 7) is 2.39. The Hall–Kier alpha value is -3.03. The van der Waals surface area contributed by atoms with E-state index >= 15 is 0 Å². The number of nitrogens with one attached hydrogen (secondary N) is 1. The highest BCUT2D eigenvalue weighted by Gasteiger charge is 2.17. The molecule has 0 aliphatic rings. The third-order valence-electron chi connectivity index (χ3n) is 4.47. The minimum atomic E-state index is -0.234. The van der Waals surface area contributed by atoms with Gasteiger partial charge in [0.25, 0.3) is 5.91 Å². The van der Waals surface area contributed by atoms with Gasteiger partial charge in [-0.1, -0.05) is 35.6 Å². The summed E-state index contributed by atoms with van der Waals surface area (Å²) >= 11 is 3.03. The molecule has 1 amide bonds. The first-order valence-corrected chi connectivity index (χ1v) is 10.5. The number of hydrogen-bond acceptors (Lipinski definition) is 6. The van der Waals surface area contributed by atoms with Gasteiger partial charge in [-0.25, -0.2) is 9.97 Å². The maximum absolute atomic E-state index is 13.0. The number of anilines is 1. The molecule has 5 aromatic rings. The van der Waals surface area contributed by atoms with E-state index in [1.54, 1.807) is 11.3 Å². The van der Waals surface area contributed by atoms with Gasteiger partial charge in [-0.2, -0.15) is 0 Å². The van der Waals surface area contributed by atoms with Gasteiger partial charge in [0, 0.05) is 0 Å². The van der Waals surface area contributed by atoms with Crippen molar-refractivity contribution in [2.75, 3.05) is 11.9 Å². The monoisotopic (exact) mass is 405 g/mol. The molecule has 2 heterocycles. The van der Waals surface area contributed by atoms with Crippen LogP contribution in [0.15, 0.2) is 54.0 Å². The van der Waals surface area contributed by atoms with Crippen LogP contribution in [0.1, 0.15) is 17.3 Å². The zero-order chi connectivity index (χ0) is 19.1. The standard InChI is InChI=1S/C21H15N3O2S2/c1-2-26-16-10-13-6-4-3-5-12(13)9-14(16)20(25)24-21-23-15-7-8-17-18(19(15)28-21)22-11-27-17/h3-11H,2H2,1H3,(H,23,24,25). The third-order valence-corrected chi connectivity index (χ3v) is 6.26. The first kappa shape index (κ1) is 17.1. The van der Waals surface area contributed by atoms with Crippen LogP contribution in [0, 0.1) is 0 Å². The zero-order valence-electron chi connectivity index (χ0n) is 14.9. The molecule has 0 aliphatic heterocycles. The molecule has 0 saturated heterocycles. The Morgan fingerprint density at radius 2 is 1.96 bits per heavy atom. The number of benzene rings is 3. The fourth-order valence-corrected chi connectivity index (χ4v) is 4.91. The van der Waals surface area contributed by atoms with E-state index in [1.165, 1.54) is 11.3 Å². The summed E-state index contributed by atoms with van der Waals surface area (Å²) in [6, 6.07) is 15.7. The van der Waals surface area contributed by atoms with E-state index in [1.807, 2.05) is 61.0 Å². The Labute approximate surface area is 168 Å². The number of nitrogens with zero attached hydrogens (tertiary/aromatic N) is 2. The molecular weight excluding hydrogens is 390 g/mol. The molecule has 0 spiro atoms. The molecule has 3 aromatic carbocycles. The van der Waals surface area contributed by atoms with Crippen LogP contribution in [0.25, 0.3) is 31.2 Å². The van der Waals surface area contributed by atoms with E-state index in [-0.39, 0.29) is 5.91 Å². The number of fused-ring (bicyclic) bond motifs is 4. The van der Waals surface area contributed by atoms with Crippen molar-refractivity contribution in [3.8, 4) is 5.75 Å². The Balaban J connectivity index is 1.54. The second-order valence-electron chi connectivity index (χ2n) is 6.21. The van der Waals surface area contributed by atoms with Gasteiger partial charge >= 0.3 is 0 Å². The highest BCUT2D eigenvalue weighted by atomic mass is 32.1. The van der Waals surface area contributed by atoms with E-state index in [0.29, 0.717) is 23.1 Å². The quantitative estimate of drug-likeness (QED) is 0.416. The molecule has 0 unspecified atom stereocenters. The smallest absolute Gasteiger partial charge is 0.261 e. The van der Waals surface area contributed by atoms with Crippen LogP contribution in [0.4, 0.5) is 5.13 Å². The van der Waals surface area contributed by atoms with Gasteiger partial charge in [0.2, 0.25) is 0 Å². The number of carbonyl (C=O) groups excluding carboxylic acids is 1. The summed E-state index contributed by atoms with van der Waals surface area (Å²) in [5.74, 6) is 0.337. The molecule has 2 aromatic heterocycles. The molecule has 5 nitrogen and oxygen atoms in total. The van der Waals surface area contributed by atoms with E-state index in [0.717, 1.165) is 31.2 Å². The number of thiazole rings is 2. The maximum Gasteiger partial charge on any atom is 0.261 e. The summed E-state index contributed by atoms with van der Waals surface area (Å²) < 4.78 is 7.82. The predicted octanol–water partition coefficient (Wildman–Crippen LogP) is 5.71. The van der Waals surface area contributed by atoms with E-state index in [9.17, 15) is 4.79 Å². The van der Waals surface area contributed by atoms with Gasteiger partial charge < -0.3 is 4.74 Å². The average molecular weight is 406 g/mol. The molecule has 0 saturated carbocycles. The van der Waals surface area contributed by atoms with Crippen molar-refractivity contribution < 1.29 is 9.53 Å². The normalized spacial score (nSPS) is 11.3. The van der Waals surface area contributed by atoms with E-state index in [4.69, 9.17) is 4.74 Å². The number of rotatable bonds is 4.